The molecule has 0 rings (SSSR count). The maximum absolute atomic E-state index is 10.6. The first kappa shape index (κ1) is 16.2. The summed E-state index contributed by atoms with van der Waals surface area (Å²) in [6.07, 6.45) is -5.08. The number of hydrogen-bond donors (Lipinski definition) is 1. The molecule has 0 saturated carbocycles. The summed E-state index contributed by atoms with van der Waals surface area (Å²) in [4.78, 5) is 8.90. The van der Waals surface area contributed by atoms with Crippen LogP contribution in [0, 0.1) is 0 Å². The molecule has 0 aromatic carbocycles. The minimum Gasteiger partial charge on any atom is -0.475 e. The van der Waals surface area contributed by atoms with Crippen molar-refractivity contribution in [3.05, 3.63) is 0 Å². The maximum atomic E-state index is 10.6. The molecule has 0 unspecified atom stereocenters. The molecule has 60 valence electrons. The number of halogens is 3. The molecular weight excluding hydrogens is 319 g/mol. The van der Waals surface area contributed by atoms with Crippen LogP contribution in [0.3, 0.4) is 0 Å². The number of rotatable bonds is 0. The van der Waals surface area contributed by atoms with Gasteiger partial charge >= 0.3 is 12.1 Å². The van der Waals surface area contributed by atoms with E-state index in [9.17, 15) is 13.2 Å². The number of hydrogen-bond acceptors (Lipinski definition) is 1. The SMILES string of the molecule is O=C(O)C(F)(F)F.[Rh].[Rh]. The largest absolute Gasteiger partial charge is 0.490 e. The van der Waals surface area contributed by atoms with E-state index in [1.54, 1.807) is 0 Å². The van der Waals surface area contributed by atoms with Gasteiger partial charge in [-0.3, -0.25) is 0 Å². The molecule has 2 nitrogen and oxygen atoms in total. The average Bonchev–Trinajstić information content (AvgIpc) is 1.31. The topological polar surface area (TPSA) is 37.3 Å². The second-order valence-electron chi connectivity index (χ2n) is 0.803. The molecule has 0 saturated heterocycles. The van der Waals surface area contributed by atoms with Crippen LogP contribution in [0.4, 0.5) is 13.2 Å². The van der Waals surface area contributed by atoms with Crippen LogP contribution in [0.5, 0.6) is 0 Å². The molecule has 0 aliphatic rings. The third kappa shape index (κ3) is 8.51. The number of carbonyl (C=O) groups is 1. The van der Waals surface area contributed by atoms with Gasteiger partial charge in [-0.05, 0) is 0 Å². The maximum Gasteiger partial charge on any atom is 0.490 e. The van der Waals surface area contributed by atoms with E-state index in [4.69, 9.17) is 9.90 Å². The Hall–Kier alpha value is 0.507. The summed E-state index contributed by atoms with van der Waals surface area (Å²) in [5.74, 6) is -2.76. The molecule has 9 heavy (non-hydrogen) atoms. The minimum absolute atomic E-state index is 0. The molecule has 0 heterocycles. The Labute approximate surface area is 74.3 Å². The van der Waals surface area contributed by atoms with E-state index in [0.717, 1.165) is 0 Å². The van der Waals surface area contributed by atoms with Crippen molar-refractivity contribution in [2.75, 3.05) is 0 Å². The molecule has 0 fully saturated rings. The van der Waals surface area contributed by atoms with Crippen LogP contribution in [0.15, 0.2) is 0 Å². The fourth-order valence-electron chi connectivity index (χ4n) is 0. The van der Waals surface area contributed by atoms with E-state index in [2.05, 4.69) is 0 Å². The summed E-state index contributed by atoms with van der Waals surface area (Å²) in [5.41, 5.74) is 0. The molecule has 0 aromatic heterocycles. The molecule has 0 amide bonds. The summed E-state index contributed by atoms with van der Waals surface area (Å²) in [6.45, 7) is 0. The molecule has 0 aliphatic heterocycles. The molecule has 2 radical (unpaired) electrons. The molecule has 1 N–H and O–H groups in total. The van der Waals surface area contributed by atoms with Gasteiger partial charge in [-0.25, -0.2) is 4.79 Å². The zero-order valence-electron chi connectivity index (χ0n) is 3.66. The van der Waals surface area contributed by atoms with Crippen LogP contribution in [0.25, 0.3) is 0 Å². The first-order valence-electron chi connectivity index (χ1n) is 1.24. The van der Waals surface area contributed by atoms with Crippen molar-refractivity contribution in [2.24, 2.45) is 0 Å². The Bertz CT molecular complexity index is 90.3. The van der Waals surface area contributed by atoms with Crippen molar-refractivity contribution in [1.29, 1.82) is 0 Å². The van der Waals surface area contributed by atoms with Gasteiger partial charge in [0.05, 0.1) is 0 Å². The Morgan fingerprint density at radius 3 is 1.33 bits per heavy atom. The van der Waals surface area contributed by atoms with Crippen LogP contribution in [-0.4, -0.2) is 17.3 Å². The smallest absolute Gasteiger partial charge is 0.475 e. The molecular formula is C2HF3O2Rh2. The van der Waals surface area contributed by atoms with Gasteiger partial charge in [-0.2, -0.15) is 13.2 Å². The van der Waals surface area contributed by atoms with E-state index < -0.39 is 12.1 Å². The van der Waals surface area contributed by atoms with E-state index in [1.165, 1.54) is 0 Å². The summed E-state index contributed by atoms with van der Waals surface area (Å²) >= 11 is 0. The predicted molar refractivity (Wildman–Crippen MR) is 13.7 cm³/mol. The fraction of sp³-hybridized carbons (Fsp3) is 0.500. The normalized spacial score (nSPS) is 8.78. The summed E-state index contributed by atoms with van der Waals surface area (Å²) < 4.78 is 31.7. The minimum atomic E-state index is -5.08. The van der Waals surface area contributed by atoms with Crippen molar-refractivity contribution >= 4 is 5.97 Å². The Kier molecular flexibility index (Phi) is 9.58. The van der Waals surface area contributed by atoms with Crippen LogP contribution in [0.2, 0.25) is 0 Å². The van der Waals surface area contributed by atoms with E-state index in [1.807, 2.05) is 0 Å². The predicted octanol–water partition coefficient (Wildman–Crippen LogP) is 0.628. The number of carboxylic acid groups (broad SMARTS) is 1. The van der Waals surface area contributed by atoms with Gasteiger partial charge in [0.1, 0.15) is 0 Å². The Morgan fingerprint density at radius 1 is 1.22 bits per heavy atom. The molecule has 0 spiro atoms. The first-order valence-corrected chi connectivity index (χ1v) is 1.24. The Morgan fingerprint density at radius 2 is 1.33 bits per heavy atom. The van der Waals surface area contributed by atoms with Crippen LogP contribution >= 0.6 is 0 Å². The van der Waals surface area contributed by atoms with Crippen LogP contribution in [0.1, 0.15) is 0 Å². The summed E-state index contributed by atoms with van der Waals surface area (Å²) in [5, 5.41) is 7.12. The quantitative estimate of drug-likeness (QED) is 0.665. The zero-order chi connectivity index (χ0) is 6.08. The van der Waals surface area contributed by atoms with Gasteiger partial charge in [0.2, 0.25) is 0 Å². The third-order valence-corrected chi connectivity index (χ3v) is 0.243. The third-order valence-electron chi connectivity index (χ3n) is 0.243. The van der Waals surface area contributed by atoms with Crippen LogP contribution < -0.4 is 0 Å². The number of alkyl halides is 3. The monoisotopic (exact) mass is 320 g/mol. The molecule has 0 aromatic rings. The number of carboxylic acids is 1. The van der Waals surface area contributed by atoms with Gasteiger partial charge < -0.3 is 5.11 Å². The van der Waals surface area contributed by atoms with Gasteiger partial charge in [0, 0.05) is 39.0 Å². The first-order chi connectivity index (χ1) is 2.94. The van der Waals surface area contributed by atoms with Crippen molar-refractivity contribution in [3.8, 4) is 0 Å². The van der Waals surface area contributed by atoms with Crippen LogP contribution in [-0.2, 0) is 43.8 Å². The molecule has 0 bridgehead atoms. The standard InChI is InChI=1S/C2HF3O2.2Rh/c3-2(4,5)1(6)7;;/h(H,6,7);;. The van der Waals surface area contributed by atoms with Gasteiger partial charge in [0.25, 0.3) is 0 Å². The summed E-state index contributed by atoms with van der Waals surface area (Å²) in [6, 6.07) is 0. The van der Waals surface area contributed by atoms with Crippen molar-refractivity contribution < 1.29 is 62.0 Å². The molecule has 7 heteroatoms. The Balaban J connectivity index is -0.000000180. The van der Waals surface area contributed by atoms with Crippen molar-refractivity contribution in [1.82, 2.24) is 0 Å². The molecule has 0 aliphatic carbocycles. The second-order valence-corrected chi connectivity index (χ2v) is 0.803. The van der Waals surface area contributed by atoms with E-state index in [-0.39, 0.29) is 39.0 Å². The average molecular weight is 320 g/mol. The fourth-order valence-corrected chi connectivity index (χ4v) is 0. The number of aliphatic carboxylic acids is 1. The van der Waals surface area contributed by atoms with Crippen molar-refractivity contribution in [2.45, 2.75) is 6.18 Å². The molecule has 0 atom stereocenters. The van der Waals surface area contributed by atoms with E-state index >= 15 is 0 Å². The van der Waals surface area contributed by atoms with Crippen molar-refractivity contribution in [3.63, 3.8) is 0 Å². The second kappa shape index (κ2) is 5.30. The summed E-state index contributed by atoms with van der Waals surface area (Å²) in [7, 11) is 0. The van der Waals surface area contributed by atoms with Gasteiger partial charge in [-0.1, -0.05) is 0 Å². The van der Waals surface area contributed by atoms with Gasteiger partial charge in [-0.15, -0.1) is 0 Å². The van der Waals surface area contributed by atoms with Gasteiger partial charge in [0.15, 0.2) is 0 Å². The van der Waals surface area contributed by atoms with E-state index in [0.29, 0.717) is 0 Å². The zero-order valence-corrected chi connectivity index (χ0v) is 6.93.